The van der Waals surface area contributed by atoms with Crippen LogP contribution in [0.1, 0.15) is 47.0 Å². The van der Waals surface area contributed by atoms with Crippen molar-refractivity contribution in [3.63, 3.8) is 0 Å². The molecule has 0 saturated heterocycles. The van der Waals surface area contributed by atoms with E-state index in [4.69, 9.17) is 0 Å². The van der Waals surface area contributed by atoms with Crippen LogP contribution >= 0.6 is 15.9 Å². The molecule has 0 amide bonds. The molecule has 20 heavy (non-hydrogen) atoms. The van der Waals surface area contributed by atoms with Gasteiger partial charge in [-0.3, -0.25) is 4.79 Å². The van der Waals surface area contributed by atoms with Gasteiger partial charge in [0.1, 0.15) is 4.47 Å². The number of rotatable bonds is 2. The molecule has 1 fully saturated rings. The van der Waals surface area contributed by atoms with Gasteiger partial charge in [-0.05, 0) is 46.0 Å². The van der Waals surface area contributed by atoms with Gasteiger partial charge in [-0.25, -0.2) is 4.68 Å². The molecule has 0 atom stereocenters. The van der Waals surface area contributed by atoms with Crippen LogP contribution in [0.2, 0.25) is 0 Å². The molecule has 112 valence electrons. The molecule has 1 aromatic heterocycles. The van der Waals surface area contributed by atoms with Crippen molar-refractivity contribution in [3.05, 3.63) is 21.0 Å². The molecule has 1 aliphatic rings. The molecule has 4 nitrogen and oxygen atoms in total. The van der Waals surface area contributed by atoms with Gasteiger partial charge in [0.25, 0.3) is 5.56 Å². The molecule has 1 aromatic rings. The fourth-order valence-electron chi connectivity index (χ4n) is 3.78. The van der Waals surface area contributed by atoms with Gasteiger partial charge in [-0.1, -0.05) is 27.7 Å². The minimum absolute atomic E-state index is 0.107. The van der Waals surface area contributed by atoms with Gasteiger partial charge in [-0.2, -0.15) is 5.10 Å². The van der Waals surface area contributed by atoms with Gasteiger partial charge < -0.3 is 5.32 Å². The van der Waals surface area contributed by atoms with Crippen LogP contribution in [0.4, 0.5) is 5.69 Å². The maximum atomic E-state index is 11.9. The van der Waals surface area contributed by atoms with E-state index in [-0.39, 0.29) is 5.56 Å². The lowest BCUT2D eigenvalue weighted by Crippen LogP contribution is -2.40. The molecule has 0 spiro atoms. The summed E-state index contributed by atoms with van der Waals surface area (Å²) in [6, 6.07) is 0.374. The van der Waals surface area contributed by atoms with Crippen LogP contribution in [-0.4, -0.2) is 15.8 Å². The first-order chi connectivity index (χ1) is 9.10. The molecule has 0 bridgehead atoms. The van der Waals surface area contributed by atoms with E-state index in [0.29, 0.717) is 21.3 Å². The lowest BCUT2D eigenvalue weighted by molar-refractivity contribution is 0.105. The summed E-state index contributed by atoms with van der Waals surface area (Å²) < 4.78 is 1.90. The van der Waals surface area contributed by atoms with Crippen LogP contribution in [0.15, 0.2) is 15.5 Å². The third kappa shape index (κ3) is 3.43. The fraction of sp³-hybridized carbons (Fsp3) is 0.733. The Balaban J connectivity index is 2.22. The maximum Gasteiger partial charge on any atom is 0.282 e. The van der Waals surface area contributed by atoms with Gasteiger partial charge in [0.15, 0.2) is 0 Å². The average Bonchev–Trinajstić information content (AvgIpc) is 2.26. The summed E-state index contributed by atoms with van der Waals surface area (Å²) in [6.45, 7) is 9.28. The minimum atomic E-state index is -0.107. The van der Waals surface area contributed by atoms with E-state index in [0.717, 1.165) is 18.5 Å². The van der Waals surface area contributed by atoms with Crippen molar-refractivity contribution in [1.29, 1.82) is 0 Å². The van der Waals surface area contributed by atoms with E-state index in [1.807, 2.05) is 0 Å². The zero-order valence-electron chi connectivity index (χ0n) is 13.0. The number of nitrogens with zero attached hydrogens (tertiary/aromatic N) is 2. The van der Waals surface area contributed by atoms with Gasteiger partial charge >= 0.3 is 0 Å². The quantitative estimate of drug-likeness (QED) is 0.894. The predicted octanol–water partition coefficient (Wildman–Crippen LogP) is 3.56. The normalized spacial score (nSPS) is 21.7. The molecule has 2 rings (SSSR count). The Kier molecular flexibility index (Phi) is 4.02. The van der Waals surface area contributed by atoms with Crippen LogP contribution in [0, 0.1) is 10.8 Å². The second-order valence-electron chi connectivity index (χ2n) is 7.56. The Labute approximate surface area is 129 Å². The van der Waals surface area contributed by atoms with Crippen molar-refractivity contribution < 1.29 is 0 Å². The first-order valence-electron chi connectivity index (χ1n) is 7.08. The lowest BCUT2D eigenvalue weighted by atomic mass is 9.63. The van der Waals surface area contributed by atoms with Gasteiger partial charge in [0.2, 0.25) is 0 Å². The molecule has 5 heteroatoms. The zero-order chi connectivity index (χ0) is 15.1. The van der Waals surface area contributed by atoms with Crippen molar-refractivity contribution >= 4 is 21.6 Å². The molecular formula is C15H24BrN3O. The molecule has 0 aromatic carbocycles. The largest absolute Gasteiger partial charge is 0.380 e. The highest BCUT2D eigenvalue weighted by Gasteiger charge is 2.38. The third-order valence-corrected chi connectivity index (χ3v) is 4.76. The third-order valence-electron chi connectivity index (χ3n) is 3.99. The molecule has 1 saturated carbocycles. The van der Waals surface area contributed by atoms with Crippen LogP contribution in [0.3, 0.4) is 0 Å². The SMILES string of the molecule is Cn1ncc(NC2CC(C)(C)CC(C)(C)C2)c(Br)c1=O. The Morgan fingerprint density at radius 3 is 2.40 bits per heavy atom. The van der Waals surface area contributed by atoms with E-state index >= 15 is 0 Å². The highest BCUT2D eigenvalue weighted by atomic mass is 79.9. The summed E-state index contributed by atoms with van der Waals surface area (Å²) in [6.07, 6.45) is 5.17. The topological polar surface area (TPSA) is 46.9 Å². The standard InChI is InChI=1S/C15H24BrN3O/c1-14(2)6-10(7-15(3,4)9-14)18-11-8-17-19(5)13(20)12(11)16/h8,10,18H,6-7,9H2,1-5H3. The van der Waals surface area contributed by atoms with Crippen LogP contribution in [0.25, 0.3) is 0 Å². The second kappa shape index (κ2) is 5.17. The molecule has 1 heterocycles. The highest BCUT2D eigenvalue weighted by molar-refractivity contribution is 9.10. The molecule has 0 aliphatic heterocycles. The number of anilines is 1. The fourth-order valence-corrected chi connectivity index (χ4v) is 4.25. The summed E-state index contributed by atoms with van der Waals surface area (Å²) in [4.78, 5) is 11.9. The lowest BCUT2D eigenvalue weighted by Gasteiger charge is -2.45. The summed E-state index contributed by atoms with van der Waals surface area (Å²) in [5, 5.41) is 7.60. The first-order valence-corrected chi connectivity index (χ1v) is 7.87. The van der Waals surface area contributed by atoms with E-state index < -0.39 is 0 Å². The number of halogens is 1. The maximum absolute atomic E-state index is 11.9. The van der Waals surface area contributed by atoms with E-state index in [1.165, 1.54) is 11.1 Å². The van der Waals surface area contributed by atoms with Crippen LogP contribution in [0.5, 0.6) is 0 Å². The van der Waals surface area contributed by atoms with Gasteiger partial charge in [0, 0.05) is 13.1 Å². The summed E-state index contributed by atoms with van der Waals surface area (Å²) >= 11 is 3.38. The number of nitrogens with one attached hydrogen (secondary N) is 1. The Bertz CT molecular complexity index is 547. The van der Waals surface area contributed by atoms with Crippen LogP contribution in [-0.2, 0) is 7.05 Å². The van der Waals surface area contributed by atoms with Crippen LogP contribution < -0.4 is 10.9 Å². The number of hydrogen-bond donors (Lipinski definition) is 1. The molecular weight excluding hydrogens is 318 g/mol. The molecule has 1 aliphatic carbocycles. The van der Waals surface area contributed by atoms with E-state index in [2.05, 4.69) is 54.0 Å². The van der Waals surface area contributed by atoms with Crippen molar-refractivity contribution in [3.8, 4) is 0 Å². The van der Waals surface area contributed by atoms with Crippen molar-refractivity contribution in [2.24, 2.45) is 17.9 Å². The van der Waals surface area contributed by atoms with E-state index in [9.17, 15) is 4.79 Å². The monoisotopic (exact) mass is 341 g/mol. The van der Waals surface area contributed by atoms with Gasteiger partial charge in [0.05, 0.1) is 11.9 Å². The number of aromatic nitrogens is 2. The Morgan fingerprint density at radius 1 is 1.30 bits per heavy atom. The molecule has 1 N–H and O–H groups in total. The predicted molar refractivity (Wildman–Crippen MR) is 86.0 cm³/mol. The highest BCUT2D eigenvalue weighted by Crippen LogP contribution is 2.46. The van der Waals surface area contributed by atoms with Gasteiger partial charge in [-0.15, -0.1) is 0 Å². The Hall–Kier alpha value is -0.840. The molecule has 0 radical (unpaired) electrons. The second-order valence-corrected chi connectivity index (χ2v) is 8.35. The van der Waals surface area contributed by atoms with Crippen molar-refractivity contribution in [2.45, 2.75) is 53.0 Å². The first kappa shape index (κ1) is 15.5. The van der Waals surface area contributed by atoms with E-state index in [1.54, 1.807) is 13.2 Å². The van der Waals surface area contributed by atoms with Crippen molar-refractivity contribution in [1.82, 2.24) is 9.78 Å². The summed E-state index contributed by atoms with van der Waals surface area (Å²) in [5.41, 5.74) is 1.33. The van der Waals surface area contributed by atoms with Crippen molar-refractivity contribution in [2.75, 3.05) is 5.32 Å². The Morgan fingerprint density at radius 2 is 1.85 bits per heavy atom. The smallest absolute Gasteiger partial charge is 0.282 e. The number of aryl methyl sites for hydroxylation is 1. The number of hydrogen-bond acceptors (Lipinski definition) is 3. The molecule has 0 unspecified atom stereocenters. The summed E-state index contributed by atoms with van der Waals surface area (Å²) in [7, 11) is 1.66. The zero-order valence-corrected chi connectivity index (χ0v) is 14.5. The summed E-state index contributed by atoms with van der Waals surface area (Å²) in [5.74, 6) is 0. The minimum Gasteiger partial charge on any atom is -0.380 e. The average molecular weight is 342 g/mol.